The quantitative estimate of drug-likeness (QED) is 0.483. The number of carbonyl (C=O) groups is 3. The van der Waals surface area contributed by atoms with E-state index in [9.17, 15) is 14.4 Å². The maximum atomic E-state index is 12.5. The summed E-state index contributed by atoms with van der Waals surface area (Å²) in [6.07, 6.45) is 1.11. The predicted octanol–water partition coefficient (Wildman–Crippen LogP) is 3.15. The van der Waals surface area contributed by atoms with Crippen molar-refractivity contribution in [2.45, 2.75) is 53.0 Å². The summed E-state index contributed by atoms with van der Waals surface area (Å²) in [5, 5.41) is 5.52. The van der Waals surface area contributed by atoms with E-state index in [-0.39, 0.29) is 57.4 Å². The van der Waals surface area contributed by atoms with Gasteiger partial charge in [0.15, 0.2) is 11.7 Å². The van der Waals surface area contributed by atoms with E-state index in [1.807, 2.05) is 38.1 Å². The second-order valence-corrected chi connectivity index (χ2v) is 6.65. The van der Waals surface area contributed by atoms with Crippen LogP contribution in [0.3, 0.4) is 0 Å². The van der Waals surface area contributed by atoms with E-state index >= 15 is 0 Å². The van der Waals surface area contributed by atoms with Crippen LogP contribution in [-0.4, -0.2) is 23.6 Å². The number of rotatable bonds is 9. The Bertz CT molecular complexity index is 600. The van der Waals surface area contributed by atoms with Crippen LogP contribution in [0.2, 0.25) is 0 Å². The summed E-state index contributed by atoms with van der Waals surface area (Å²) >= 11 is 0. The van der Waals surface area contributed by atoms with E-state index < -0.39 is 12.0 Å². The Balaban J connectivity index is 0.00000625. The van der Waals surface area contributed by atoms with Gasteiger partial charge in [0.25, 0.3) is 0 Å². The van der Waals surface area contributed by atoms with Crippen LogP contribution in [-0.2, 0) is 41.9 Å². The third-order valence-corrected chi connectivity index (χ3v) is 4.14. The van der Waals surface area contributed by atoms with Crippen molar-refractivity contribution in [2.75, 3.05) is 5.32 Å². The number of anilines is 1. The standard InChI is InChI=1S/C20H29N2O3.W/c1-6-15-8-10-16(11-9-15)21-20(25)14(5)12-17(23)19(13(3)4)22-18(24)7-2;/h8-11,13-14,19H,2,6-7,12H2,1,3-5H3,(H,21,25)(H,22,24);/q-1;/t14-,19+;/m1./s1. The number of Topliss-reactive ketones (excluding diaryl/α,β-unsaturated/α-hetero) is 1. The summed E-state index contributed by atoms with van der Waals surface area (Å²) < 4.78 is 0. The van der Waals surface area contributed by atoms with Crippen molar-refractivity contribution in [3.8, 4) is 0 Å². The summed E-state index contributed by atoms with van der Waals surface area (Å²) in [6, 6.07) is 7.06. The predicted molar refractivity (Wildman–Crippen MR) is 100.0 cm³/mol. The summed E-state index contributed by atoms with van der Waals surface area (Å²) in [5.41, 5.74) is 1.91. The minimum Gasteiger partial charge on any atom is -0.348 e. The molecule has 0 aromatic heterocycles. The monoisotopic (exact) mass is 529 g/mol. The van der Waals surface area contributed by atoms with Gasteiger partial charge >= 0.3 is 0 Å². The number of carbonyl (C=O) groups excluding carboxylic acids is 3. The van der Waals surface area contributed by atoms with Gasteiger partial charge in [0.1, 0.15) is 0 Å². The van der Waals surface area contributed by atoms with Crippen LogP contribution >= 0.6 is 0 Å². The van der Waals surface area contributed by atoms with E-state index in [4.69, 9.17) is 0 Å². The average molecular weight is 529 g/mol. The molecule has 0 aliphatic rings. The molecule has 144 valence electrons. The van der Waals surface area contributed by atoms with Crippen molar-refractivity contribution < 1.29 is 35.4 Å². The molecule has 1 aromatic carbocycles. The normalized spacial score (nSPS) is 12.7. The van der Waals surface area contributed by atoms with Crippen molar-refractivity contribution >= 4 is 23.3 Å². The summed E-state index contributed by atoms with van der Waals surface area (Å²) in [7, 11) is 0. The molecule has 0 spiro atoms. The Kier molecular flexibility index (Phi) is 11.3. The fourth-order valence-corrected chi connectivity index (χ4v) is 2.48. The van der Waals surface area contributed by atoms with Gasteiger partial charge in [-0.2, -0.15) is 0 Å². The first-order chi connectivity index (χ1) is 11.8. The van der Waals surface area contributed by atoms with Crippen molar-refractivity contribution in [3.05, 3.63) is 36.8 Å². The van der Waals surface area contributed by atoms with Gasteiger partial charge in [0.05, 0.1) is 6.04 Å². The van der Waals surface area contributed by atoms with Crippen molar-refractivity contribution in [3.63, 3.8) is 0 Å². The third-order valence-electron chi connectivity index (χ3n) is 4.14. The maximum absolute atomic E-state index is 12.5. The van der Waals surface area contributed by atoms with Gasteiger partial charge in [-0.1, -0.05) is 39.8 Å². The number of benzene rings is 1. The van der Waals surface area contributed by atoms with Crippen LogP contribution in [0.5, 0.6) is 0 Å². The molecule has 6 heteroatoms. The molecule has 0 radical (unpaired) electrons. The number of ketones is 1. The second kappa shape index (κ2) is 12.0. The van der Waals surface area contributed by atoms with Crippen LogP contribution in [0.1, 0.15) is 46.1 Å². The molecule has 2 N–H and O–H groups in total. The molecule has 2 amide bonds. The van der Waals surface area contributed by atoms with Gasteiger partial charge in [-0.05, 0) is 30.0 Å². The molecule has 26 heavy (non-hydrogen) atoms. The fourth-order valence-electron chi connectivity index (χ4n) is 2.48. The van der Waals surface area contributed by atoms with Crippen molar-refractivity contribution in [1.82, 2.24) is 5.32 Å². The smallest absolute Gasteiger partial charge is 0.227 e. The molecule has 0 fully saturated rings. The average Bonchev–Trinajstić information content (AvgIpc) is 2.59. The van der Waals surface area contributed by atoms with Gasteiger partial charge in [0, 0.05) is 39.1 Å². The maximum Gasteiger partial charge on any atom is 0.227 e. The Morgan fingerprint density at radius 2 is 1.65 bits per heavy atom. The number of aryl methyl sites for hydroxylation is 1. The van der Waals surface area contributed by atoms with Crippen molar-refractivity contribution in [1.29, 1.82) is 0 Å². The van der Waals surface area contributed by atoms with Gasteiger partial charge < -0.3 is 17.6 Å². The molecule has 5 nitrogen and oxygen atoms in total. The van der Waals surface area contributed by atoms with Gasteiger partial charge in [-0.25, -0.2) is 0 Å². The van der Waals surface area contributed by atoms with E-state index in [0.717, 1.165) is 6.42 Å². The summed E-state index contributed by atoms with van der Waals surface area (Å²) in [6.45, 7) is 11.0. The van der Waals surface area contributed by atoms with Gasteiger partial charge in [-0.15, -0.1) is 6.42 Å². The minimum absolute atomic E-state index is 0. The van der Waals surface area contributed by atoms with E-state index in [2.05, 4.69) is 24.5 Å². The molecule has 2 atom stereocenters. The Labute approximate surface area is 171 Å². The van der Waals surface area contributed by atoms with Gasteiger partial charge in [-0.3, -0.25) is 14.4 Å². The first-order valence-electron chi connectivity index (χ1n) is 8.79. The zero-order valence-electron chi connectivity index (χ0n) is 16.0. The molecule has 0 heterocycles. The first-order valence-corrected chi connectivity index (χ1v) is 8.79. The van der Waals surface area contributed by atoms with E-state index in [0.29, 0.717) is 5.69 Å². The van der Waals surface area contributed by atoms with Crippen LogP contribution in [0.4, 0.5) is 5.69 Å². The van der Waals surface area contributed by atoms with Crippen LogP contribution < -0.4 is 10.6 Å². The zero-order chi connectivity index (χ0) is 19.0. The Morgan fingerprint density at radius 3 is 2.12 bits per heavy atom. The molecule has 1 rings (SSSR count). The minimum atomic E-state index is -0.590. The topological polar surface area (TPSA) is 75.3 Å². The molecule has 0 saturated heterocycles. The number of amides is 2. The van der Waals surface area contributed by atoms with E-state index in [1.54, 1.807) is 6.92 Å². The fraction of sp³-hybridized carbons (Fsp3) is 0.500. The third kappa shape index (κ3) is 7.82. The molecular weight excluding hydrogens is 500 g/mol. The molecule has 0 aliphatic carbocycles. The number of nitrogens with one attached hydrogen (secondary N) is 2. The van der Waals surface area contributed by atoms with Crippen LogP contribution in [0.15, 0.2) is 24.3 Å². The summed E-state index contributed by atoms with van der Waals surface area (Å²) in [4.78, 5) is 36.3. The van der Waals surface area contributed by atoms with Crippen LogP contribution in [0, 0.1) is 18.8 Å². The molecular formula is C20H29N2O3W-. The molecule has 1 aromatic rings. The van der Waals surface area contributed by atoms with Crippen LogP contribution in [0.25, 0.3) is 0 Å². The molecule has 0 aliphatic heterocycles. The second-order valence-electron chi connectivity index (χ2n) is 6.65. The molecule has 0 bridgehead atoms. The Hall–Kier alpha value is -1.48. The largest absolute Gasteiger partial charge is 0.348 e. The SMILES string of the molecule is [CH2-]CC(=O)N[C@H](C(=O)C[C@@H](C)C(=O)Nc1ccc(CC)cc1)C(C)C.[W]. The number of hydrogen-bond acceptors (Lipinski definition) is 3. The Morgan fingerprint density at radius 1 is 1.08 bits per heavy atom. The van der Waals surface area contributed by atoms with Crippen molar-refractivity contribution in [2.24, 2.45) is 11.8 Å². The van der Waals surface area contributed by atoms with E-state index in [1.165, 1.54) is 5.56 Å². The zero-order valence-corrected chi connectivity index (χ0v) is 18.9. The molecule has 0 saturated carbocycles. The number of hydrogen-bond donors (Lipinski definition) is 2. The van der Waals surface area contributed by atoms with Gasteiger partial charge in [0.2, 0.25) is 5.91 Å². The summed E-state index contributed by atoms with van der Waals surface area (Å²) in [5.74, 6) is -1.12. The first kappa shape index (κ1) is 24.5. The molecule has 0 unspecified atom stereocenters.